The normalized spacial score (nSPS) is 27.5. The van der Waals surface area contributed by atoms with Crippen LogP contribution in [-0.2, 0) is 9.53 Å². The van der Waals surface area contributed by atoms with Crippen LogP contribution >= 0.6 is 0 Å². The Kier molecular flexibility index (Phi) is 5.26. The minimum atomic E-state index is -1.80. The fourth-order valence-corrected chi connectivity index (χ4v) is 2.95. The van der Waals surface area contributed by atoms with Gasteiger partial charge in [-0.3, -0.25) is 14.7 Å². The minimum absolute atomic E-state index is 0.0514. The summed E-state index contributed by atoms with van der Waals surface area (Å²) in [6.45, 7) is 4.35. The van der Waals surface area contributed by atoms with E-state index in [0.717, 1.165) is 0 Å². The Balaban J connectivity index is 2.10. The molecule has 1 aliphatic heterocycles. The van der Waals surface area contributed by atoms with Crippen molar-refractivity contribution in [1.29, 1.82) is 0 Å². The zero-order chi connectivity index (χ0) is 20.8. The van der Waals surface area contributed by atoms with Crippen LogP contribution in [0, 0.1) is 5.92 Å². The Morgan fingerprint density at radius 3 is 2.68 bits per heavy atom. The van der Waals surface area contributed by atoms with Crippen LogP contribution in [0.2, 0.25) is 0 Å². The molecule has 28 heavy (non-hydrogen) atoms. The summed E-state index contributed by atoms with van der Waals surface area (Å²) in [4.78, 5) is 26.7. The number of hydrogen-bond acceptors (Lipinski definition) is 8. The van der Waals surface area contributed by atoms with Crippen LogP contribution in [0.3, 0.4) is 0 Å². The average molecular weight is 396 g/mol. The summed E-state index contributed by atoms with van der Waals surface area (Å²) in [6, 6.07) is 0. The molecule has 1 aliphatic rings. The van der Waals surface area contributed by atoms with Gasteiger partial charge in [0.2, 0.25) is 11.9 Å². The minimum Gasteiger partial charge on any atom is -0.393 e. The number of aliphatic hydroxyl groups excluding tert-OH is 2. The zero-order valence-corrected chi connectivity index (χ0v) is 16.4. The maximum Gasteiger partial charge on any atom is 0.233 e. The summed E-state index contributed by atoms with van der Waals surface area (Å²) in [5.74, 6) is -0.0584. The highest BCUT2D eigenvalue weighted by atomic mass is 19.1. The number of ether oxygens (including phenoxy) is 1. The van der Waals surface area contributed by atoms with Gasteiger partial charge in [-0.25, -0.2) is 9.37 Å². The molecular formula is C17H25FN6O4. The number of fused-ring (bicyclic) bond motifs is 1. The van der Waals surface area contributed by atoms with Crippen molar-refractivity contribution in [2.24, 2.45) is 5.92 Å². The summed E-state index contributed by atoms with van der Waals surface area (Å²) in [5, 5.41) is 22.3. The van der Waals surface area contributed by atoms with Crippen LogP contribution in [0.4, 0.5) is 16.2 Å². The van der Waals surface area contributed by atoms with Crippen LogP contribution in [0.25, 0.3) is 11.2 Å². The molecule has 0 radical (unpaired) electrons. The predicted molar refractivity (Wildman–Crippen MR) is 99.6 cm³/mol. The van der Waals surface area contributed by atoms with Gasteiger partial charge in [-0.1, -0.05) is 13.8 Å². The van der Waals surface area contributed by atoms with Crippen LogP contribution in [0.1, 0.15) is 27.0 Å². The number of aromatic nitrogens is 4. The topological polar surface area (TPSA) is 126 Å². The molecule has 0 saturated carbocycles. The van der Waals surface area contributed by atoms with Crippen LogP contribution in [0.5, 0.6) is 0 Å². The van der Waals surface area contributed by atoms with Crippen LogP contribution in [0.15, 0.2) is 6.33 Å². The second-order valence-corrected chi connectivity index (χ2v) is 7.60. The lowest BCUT2D eigenvalue weighted by Crippen LogP contribution is -2.42. The van der Waals surface area contributed by atoms with Crippen molar-refractivity contribution in [1.82, 2.24) is 19.5 Å². The number of aliphatic hydroxyl groups is 2. The number of alkyl halides is 1. The van der Waals surface area contributed by atoms with E-state index >= 15 is 0 Å². The molecule has 0 aliphatic carbocycles. The summed E-state index contributed by atoms with van der Waals surface area (Å²) < 4.78 is 21.7. The molecule has 2 aromatic heterocycles. The van der Waals surface area contributed by atoms with E-state index < -0.39 is 30.7 Å². The Labute approximate surface area is 161 Å². The van der Waals surface area contributed by atoms with Crippen molar-refractivity contribution in [2.75, 3.05) is 30.9 Å². The number of amides is 1. The molecule has 0 unspecified atom stereocenters. The molecular weight excluding hydrogens is 371 g/mol. The van der Waals surface area contributed by atoms with E-state index in [1.807, 2.05) is 0 Å². The van der Waals surface area contributed by atoms with Crippen molar-refractivity contribution in [3.8, 4) is 0 Å². The average Bonchev–Trinajstić information content (AvgIpc) is 3.15. The maximum atomic E-state index is 14.8. The van der Waals surface area contributed by atoms with Gasteiger partial charge in [0.15, 0.2) is 29.4 Å². The molecule has 4 atom stereocenters. The molecule has 0 aromatic carbocycles. The lowest BCUT2D eigenvalue weighted by molar-refractivity contribution is -0.118. The number of imidazole rings is 1. The number of halogens is 1. The van der Waals surface area contributed by atoms with Crippen molar-refractivity contribution in [3.05, 3.63) is 6.33 Å². The largest absolute Gasteiger partial charge is 0.393 e. The Morgan fingerprint density at radius 1 is 1.46 bits per heavy atom. The van der Waals surface area contributed by atoms with Gasteiger partial charge < -0.3 is 19.8 Å². The Morgan fingerprint density at radius 2 is 2.14 bits per heavy atom. The standard InChI is InChI=1S/C17H25FN6O4/c1-8(2)14(27)22-16-20-12(23(4)5)10-13(21-16)24(7-19-10)15-9(18)11(26)17(3,6-25)28-15/h7-9,11,15,25-26H,6H2,1-5H3,(H,20,21,22,27)/t9-,11+,15-,17-/m1/s1. The van der Waals surface area contributed by atoms with Gasteiger partial charge >= 0.3 is 0 Å². The summed E-state index contributed by atoms with van der Waals surface area (Å²) >= 11 is 0. The third-order valence-electron chi connectivity index (χ3n) is 4.76. The third-order valence-corrected chi connectivity index (χ3v) is 4.76. The number of carbonyl (C=O) groups is 1. The van der Waals surface area contributed by atoms with E-state index in [0.29, 0.717) is 11.3 Å². The SMILES string of the molecule is CC(C)C(=O)Nc1nc(N(C)C)c2ncn([C@@H]3O[C@](C)(CO)[C@@H](O)[C@H]3F)c2n1. The molecule has 2 aromatic rings. The fraction of sp³-hybridized carbons (Fsp3) is 0.647. The molecule has 1 amide bonds. The number of rotatable bonds is 5. The number of nitrogens with zero attached hydrogens (tertiary/aromatic N) is 5. The van der Waals surface area contributed by atoms with Crippen LogP contribution in [-0.4, -0.2) is 74.2 Å². The molecule has 3 N–H and O–H groups in total. The summed E-state index contributed by atoms with van der Waals surface area (Å²) in [5.41, 5.74) is -0.831. The molecule has 3 rings (SSSR count). The second kappa shape index (κ2) is 7.22. The summed E-state index contributed by atoms with van der Waals surface area (Å²) in [6.07, 6.45) is -3.22. The van der Waals surface area contributed by atoms with Crippen molar-refractivity contribution in [3.63, 3.8) is 0 Å². The van der Waals surface area contributed by atoms with Gasteiger partial charge in [0.05, 0.1) is 12.9 Å². The van der Waals surface area contributed by atoms with E-state index in [-0.39, 0.29) is 23.4 Å². The van der Waals surface area contributed by atoms with E-state index in [1.54, 1.807) is 32.8 Å². The highest BCUT2D eigenvalue weighted by molar-refractivity contribution is 5.92. The second-order valence-electron chi connectivity index (χ2n) is 7.60. The number of anilines is 2. The quantitative estimate of drug-likeness (QED) is 0.666. The first-order valence-electron chi connectivity index (χ1n) is 8.92. The summed E-state index contributed by atoms with van der Waals surface area (Å²) in [7, 11) is 3.51. The lowest BCUT2D eigenvalue weighted by atomic mass is 9.99. The van der Waals surface area contributed by atoms with E-state index in [9.17, 15) is 19.4 Å². The Hall–Kier alpha value is -2.37. The Bertz CT molecular complexity index is 888. The number of carbonyl (C=O) groups excluding carboxylic acids is 1. The van der Waals surface area contributed by atoms with E-state index in [2.05, 4.69) is 20.3 Å². The number of hydrogen-bond donors (Lipinski definition) is 3. The van der Waals surface area contributed by atoms with Gasteiger partial charge in [-0.05, 0) is 6.92 Å². The molecule has 10 nitrogen and oxygen atoms in total. The van der Waals surface area contributed by atoms with E-state index in [1.165, 1.54) is 17.8 Å². The first-order chi connectivity index (χ1) is 13.1. The molecule has 154 valence electrons. The zero-order valence-electron chi connectivity index (χ0n) is 16.4. The van der Waals surface area contributed by atoms with Gasteiger partial charge in [0.1, 0.15) is 11.7 Å². The third kappa shape index (κ3) is 3.29. The van der Waals surface area contributed by atoms with Gasteiger partial charge in [0.25, 0.3) is 0 Å². The molecule has 1 saturated heterocycles. The van der Waals surface area contributed by atoms with Crippen molar-refractivity contribution in [2.45, 2.75) is 44.9 Å². The van der Waals surface area contributed by atoms with Gasteiger partial charge in [0, 0.05) is 20.0 Å². The van der Waals surface area contributed by atoms with Crippen molar-refractivity contribution >= 4 is 28.8 Å². The predicted octanol–water partition coefficient (Wildman–Crippen LogP) is 0.466. The first-order valence-corrected chi connectivity index (χ1v) is 8.92. The molecule has 0 bridgehead atoms. The fourth-order valence-electron chi connectivity index (χ4n) is 2.95. The van der Waals surface area contributed by atoms with E-state index in [4.69, 9.17) is 4.74 Å². The van der Waals surface area contributed by atoms with Gasteiger partial charge in [-0.15, -0.1) is 0 Å². The molecule has 11 heteroatoms. The lowest BCUT2D eigenvalue weighted by Gasteiger charge is -2.24. The van der Waals surface area contributed by atoms with Crippen LogP contribution < -0.4 is 10.2 Å². The number of nitrogens with one attached hydrogen (secondary N) is 1. The monoisotopic (exact) mass is 396 g/mol. The van der Waals surface area contributed by atoms with Gasteiger partial charge in [-0.2, -0.15) is 9.97 Å². The highest BCUT2D eigenvalue weighted by Gasteiger charge is 2.53. The molecule has 0 spiro atoms. The first kappa shape index (κ1) is 20.4. The maximum absolute atomic E-state index is 14.8. The molecule has 1 fully saturated rings. The molecule has 3 heterocycles. The smallest absolute Gasteiger partial charge is 0.233 e. The van der Waals surface area contributed by atoms with Crippen molar-refractivity contribution < 1.29 is 24.1 Å². The highest BCUT2D eigenvalue weighted by Crippen LogP contribution is 2.40.